The summed E-state index contributed by atoms with van der Waals surface area (Å²) in [4.78, 5) is 12.4. The van der Waals surface area contributed by atoms with Crippen LogP contribution in [0.3, 0.4) is 0 Å². The number of benzene rings is 2. The van der Waals surface area contributed by atoms with Crippen molar-refractivity contribution in [2.24, 2.45) is 5.73 Å². The molecule has 2 rings (SSSR count). The molecule has 0 aliphatic heterocycles. The molecule has 0 fully saturated rings. The average Bonchev–Trinajstić information content (AvgIpc) is 2.49. The Hall–Kier alpha value is -1.84. The maximum atomic E-state index is 12.4. The number of hydrogen-bond acceptors (Lipinski definition) is 2. The number of nitrogens with one attached hydrogen (secondary N) is 1. The normalized spacial score (nSPS) is 10.8. The van der Waals surface area contributed by atoms with Crippen molar-refractivity contribution in [3.05, 3.63) is 70.8 Å². The number of carbonyl (C=O) groups is 1. The first kappa shape index (κ1) is 19.2. The standard InChI is InChI=1S/C19H24N2O.ClH/c1-14-6-4-5-7-17(14)12-19(2,3)21-18(22)16-10-8-15(13-20)9-11-16;/h4-11H,12-13,20H2,1-3H3,(H,21,22);1H. The Morgan fingerprint density at radius 2 is 1.70 bits per heavy atom. The van der Waals surface area contributed by atoms with Crippen LogP contribution < -0.4 is 11.1 Å². The number of nitrogens with two attached hydrogens (primary N) is 1. The van der Waals surface area contributed by atoms with Crippen LogP contribution in [0.5, 0.6) is 0 Å². The van der Waals surface area contributed by atoms with Crippen molar-refractivity contribution in [2.75, 3.05) is 0 Å². The molecule has 4 heteroatoms. The lowest BCUT2D eigenvalue weighted by atomic mass is 9.92. The molecule has 0 heterocycles. The zero-order valence-corrected chi connectivity index (χ0v) is 14.7. The van der Waals surface area contributed by atoms with Crippen LogP contribution in [0.4, 0.5) is 0 Å². The Bertz CT molecular complexity index is 651. The Morgan fingerprint density at radius 3 is 2.26 bits per heavy atom. The number of carbonyl (C=O) groups excluding carboxylic acids is 1. The smallest absolute Gasteiger partial charge is 0.251 e. The molecule has 0 bridgehead atoms. The molecule has 0 unspecified atom stereocenters. The van der Waals surface area contributed by atoms with Gasteiger partial charge in [-0.1, -0.05) is 36.4 Å². The van der Waals surface area contributed by atoms with Gasteiger partial charge in [-0.3, -0.25) is 4.79 Å². The summed E-state index contributed by atoms with van der Waals surface area (Å²) in [6, 6.07) is 15.7. The van der Waals surface area contributed by atoms with Crippen molar-refractivity contribution in [3.63, 3.8) is 0 Å². The molecule has 0 atom stereocenters. The van der Waals surface area contributed by atoms with Gasteiger partial charge in [0, 0.05) is 17.6 Å². The predicted molar refractivity (Wildman–Crippen MR) is 98.0 cm³/mol. The molecule has 0 aliphatic rings. The molecule has 0 radical (unpaired) electrons. The van der Waals surface area contributed by atoms with E-state index in [9.17, 15) is 4.79 Å². The summed E-state index contributed by atoms with van der Waals surface area (Å²) in [5.41, 5.74) is 9.46. The van der Waals surface area contributed by atoms with Gasteiger partial charge in [-0.15, -0.1) is 12.4 Å². The summed E-state index contributed by atoms with van der Waals surface area (Å²) in [5.74, 6) is -0.0536. The van der Waals surface area contributed by atoms with Crippen molar-refractivity contribution >= 4 is 18.3 Å². The highest BCUT2D eigenvalue weighted by Gasteiger charge is 2.22. The van der Waals surface area contributed by atoms with E-state index < -0.39 is 0 Å². The van der Waals surface area contributed by atoms with Crippen LogP contribution in [0.25, 0.3) is 0 Å². The van der Waals surface area contributed by atoms with Gasteiger partial charge in [0.1, 0.15) is 0 Å². The van der Waals surface area contributed by atoms with Crippen LogP contribution in [0, 0.1) is 6.92 Å². The summed E-state index contributed by atoms with van der Waals surface area (Å²) in [7, 11) is 0. The van der Waals surface area contributed by atoms with Gasteiger partial charge in [-0.05, 0) is 56.0 Å². The lowest BCUT2D eigenvalue weighted by molar-refractivity contribution is 0.0913. The van der Waals surface area contributed by atoms with Gasteiger partial charge in [0.15, 0.2) is 0 Å². The van der Waals surface area contributed by atoms with E-state index in [1.807, 2.05) is 50.2 Å². The Kier molecular flexibility index (Phi) is 6.79. The van der Waals surface area contributed by atoms with E-state index in [4.69, 9.17) is 5.73 Å². The minimum Gasteiger partial charge on any atom is -0.347 e. The molecule has 1 amide bonds. The van der Waals surface area contributed by atoms with Crippen LogP contribution >= 0.6 is 12.4 Å². The highest BCUT2D eigenvalue weighted by atomic mass is 35.5. The molecule has 124 valence electrons. The zero-order chi connectivity index (χ0) is 16.2. The quantitative estimate of drug-likeness (QED) is 0.878. The molecule has 0 saturated carbocycles. The summed E-state index contributed by atoms with van der Waals surface area (Å²) in [6.45, 7) is 6.68. The molecule has 0 aromatic heterocycles. The second-order valence-electron chi connectivity index (χ2n) is 6.34. The zero-order valence-electron chi connectivity index (χ0n) is 13.9. The van der Waals surface area contributed by atoms with E-state index in [2.05, 4.69) is 24.4 Å². The third kappa shape index (κ3) is 5.38. The van der Waals surface area contributed by atoms with Crippen molar-refractivity contribution in [3.8, 4) is 0 Å². The Labute approximate surface area is 144 Å². The van der Waals surface area contributed by atoms with Gasteiger partial charge in [0.2, 0.25) is 0 Å². The number of amides is 1. The highest BCUT2D eigenvalue weighted by Crippen LogP contribution is 2.17. The van der Waals surface area contributed by atoms with E-state index in [1.54, 1.807) is 0 Å². The molecule has 0 spiro atoms. The number of aryl methyl sites for hydroxylation is 1. The van der Waals surface area contributed by atoms with Crippen LogP contribution in [0.1, 0.15) is 40.9 Å². The fourth-order valence-corrected chi connectivity index (χ4v) is 2.50. The van der Waals surface area contributed by atoms with Crippen molar-refractivity contribution < 1.29 is 4.79 Å². The molecule has 3 N–H and O–H groups in total. The molecular weight excluding hydrogens is 308 g/mol. The van der Waals surface area contributed by atoms with Gasteiger partial charge in [0.25, 0.3) is 5.91 Å². The first-order valence-corrected chi connectivity index (χ1v) is 7.57. The molecular formula is C19H25ClN2O. The lowest BCUT2D eigenvalue weighted by Gasteiger charge is -2.27. The van der Waals surface area contributed by atoms with Crippen molar-refractivity contribution in [1.29, 1.82) is 0 Å². The fraction of sp³-hybridized carbons (Fsp3) is 0.316. The monoisotopic (exact) mass is 332 g/mol. The molecule has 0 aliphatic carbocycles. The van der Waals surface area contributed by atoms with Crippen LogP contribution in [-0.2, 0) is 13.0 Å². The Balaban J connectivity index is 0.00000264. The largest absolute Gasteiger partial charge is 0.347 e. The summed E-state index contributed by atoms with van der Waals surface area (Å²) < 4.78 is 0. The van der Waals surface area contributed by atoms with Crippen LogP contribution in [0.15, 0.2) is 48.5 Å². The summed E-state index contributed by atoms with van der Waals surface area (Å²) in [5, 5.41) is 3.12. The topological polar surface area (TPSA) is 55.1 Å². The van der Waals surface area contributed by atoms with E-state index in [1.165, 1.54) is 11.1 Å². The van der Waals surface area contributed by atoms with Gasteiger partial charge in [0.05, 0.1) is 0 Å². The maximum Gasteiger partial charge on any atom is 0.251 e. The first-order valence-electron chi connectivity index (χ1n) is 7.57. The summed E-state index contributed by atoms with van der Waals surface area (Å²) >= 11 is 0. The minimum absolute atomic E-state index is 0. The molecule has 23 heavy (non-hydrogen) atoms. The minimum atomic E-state index is -0.310. The highest BCUT2D eigenvalue weighted by molar-refractivity contribution is 5.94. The predicted octanol–water partition coefficient (Wildman–Crippen LogP) is 3.63. The molecule has 2 aromatic carbocycles. The van der Waals surface area contributed by atoms with E-state index in [0.29, 0.717) is 12.1 Å². The third-order valence-corrected chi connectivity index (χ3v) is 3.80. The van der Waals surface area contributed by atoms with Gasteiger partial charge >= 0.3 is 0 Å². The van der Waals surface area contributed by atoms with Crippen molar-refractivity contribution in [2.45, 2.75) is 39.3 Å². The number of rotatable bonds is 5. The van der Waals surface area contributed by atoms with Crippen LogP contribution in [0.2, 0.25) is 0 Å². The lowest BCUT2D eigenvalue weighted by Crippen LogP contribution is -2.45. The third-order valence-electron chi connectivity index (χ3n) is 3.80. The molecule has 2 aromatic rings. The summed E-state index contributed by atoms with van der Waals surface area (Å²) in [6.07, 6.45) is 0.798. The maximum absolute atomic E-state index is 12.4. The van der Waals surface area contributed by atoms with E-state index in [0.717, 1.165) is 12.0 Å². The van der Waals surface area contributed by atoms with Gasteiger partial charge < -0.3 is 11.1 Å². The second kappa shape index (κ2) is 8.14. The fourth-order valence-electron chi connectivity index (χ4n) is 2.50. The van der Waals surface area contributed by atoms with E-state index in [-0.39, 0.29) is 23.9 Å². The first-order chi connectivity index (χ1) is 10.4. The average molecular weight is 333 g/mol. The molecule has 0 saturated heterocycles. The van der Waals surface area contributed by atoms with Gasteiger partial charge in [-0.25, -0.2) is 0 Å². The Morgan fingerprint density at radius 1 is 1.09 bits per heavy atom. The van der Waals surface area contributed by atoms with E-state index >= 15 is 0 Å². The molecule has 3 nitrogen and oxygen atoms in total. The second-order valence-corrected chi connectivity index (χ2v) is 6.34. The van der Waals surface area contributed by atoms with Crippen LogP contribution in [-0.4, -0.2) is 11.4 Å². The number of hydrogen-bond donors (Lipinski definition) is 2. The number of halogens is 1. The van der Waals surface area contributed by atoms with Crippen molar-refractivity contribution in [1.82, 2.24) is 5.32 Å². The van der Waals surface area contributed by atoms with Gasteiger partial charge in [-0.2, -0.15) is 0 Å². The SMILES string of the molecule is Cc1ccccc1CC(C)(C)NC(=O)c1ccc(CN)cc1.Cl.